The third kappa shape index (κ3) is 2.23. The molecule has 3 heterocycles. The number of hydrogen-bond acceptors (Lipinski definition) is 3. The maximum Gasteiger partial charge on any atom is 0.254 e. The highest BCUT2D eigenvalue weighted by atomic mass is 16.5. The predicted octanol–water partition coefficient (Wildman–Crippen LogP) is 3.76. The van der Waals surface area contributed by atoms with Gasteiger partial charge in [-0.15, -0.1) is 0 Å². The highest BCUT2D eigenvalue weighted by molar-refractivity contribution is 5.98. The van der Waals surface area contributed by atoms with Crippen molar-refractivity contribution in [3.05, 3.63) is 53.0 Å². The molecule has 0 spiro atoms. The van der Waals surface area contributed by atoms with E-state index in [1.54, 1.807) is 0 Å². The molecule has 0 N–H and O–H groups in total. The molecule has 0 unspecified atom stereocenters. The fourth-order valence-electron chi connectivity index (χ4n) is 3.84. The topological polar surface area (TPSA) is 51.3 Å². The van der Waals surface area contributed by atoms with Crippen molar-refractivity contribution in [3.63, 3.8) is 0 Å². The van der Waals surface area contributed by atoms with E-state index in [-0.39, 0.29) is 11.9 Å². The zero-order chi connectivity index (χ0) is 16.8. The minimum absolute atomic E-state index is 0.0628. The molecule has 0 bridgehead atoms. The molecular formula is C19H21N3O2. The van der Waals surface area contributed by atoms with Crippen LogP contribution in [0.15, 0.2) is 35.0 Å². The predicted molar refractivity (Wildman–Crippen MR) is 91.9 cm³/mol. The van der Waals surface area contributed by atoms with Crippen molar-refractivity contribution in [2.75, 3.05) is 6.54 Å². The summed E-state index contributed by atoms with van der Waals surface area (Å²) in [6, 6.07) is 8.05. The van der Waals surface area contributed by atoms with Gasteiger partial charge < -0.3 is 14.0 Å². The third-order valence-corrected chi connectivity index (χ3v) is 5.07. The molecule has 0 saturated carbocycles. The second-order valence-electron chi connectivity index (χ2n) is 6.59. The summed E-state index contributed by atoms with van der Waals surface area (Å²) in [5, 5.41) is 5.21. The van der Waals surface area contributed by atoms with Crippen LogP contribution in [0, 0.1) is 13.8 Å². The molecule has 1 amide bonds. The van der Waals surface area contributed by atoms with Gasteiger partial charge in [0.1, 0.15) is 5.76 Å². The van der Waals surface area contributed by atoms with Crippen LogP contribution in [0.3, 0.4) is 0 Å². The zero-order valence-corrected chi connectivity index (χ0v) is 14.2. The molecule has 4 rings (SSSR count). The Morgan fingerprint density at radius 1 is 1.29 bits per heavy atom. The molecule has 124 valence electrons. The first-order chi connectivity index (χ1) is 11.6. The van der Waals surface area contributed by atoms with Crippen molar-refractivity contribution in [1.29, 1.82) is 0 Å². The summed E-state index contributed by atoms with van der Waals surface area (Å²) < 4.78 is 7.36. The van der Waals surface area contributed by atoms with Crippen LogP contribution in [0.1, 0.15) is 46.3 Å². The second-order valence-corrected chi connectivity index (χ2v) is 6.59. The Morgan fingerprint density at radius 3 is 2.88 bits per heavy atom. The van der Waals surface area contributed by atoms with Gasteiger partial charge in [-0.1, -0.05) is 11.2 Å². The summed E-state index contributed by atoms with van der Waals surface area (Å²) in [6.45, 7) is 4.65. The van der Waals surface area contributed by atoms with Crippen LogP contribution < -0.4 is 0 Å². The van der Waals surface area contributed by atoms with E-state index in [0.29, 0.717) is 0 Å². The van der Waals surface area contributed by atoms with E-state index in [9.17, 15) is 4.79 Å². The lowest BCUT2D eigenvalue weighted by molar-refractivity contribution is 0.0735. The number of carbonyl (C=O) groups excluding carboxylic acids is 1. The van der Waals surface area contributed by atoms with E-state index in [4.69, 9.17) is 4.52 Å². The van der Waals surface area contributed by atoms with E-state index >= 15 is 0 Å². The Bertz CT molecular complexity index is 902. The Labute approximate surface area is 140 Å². The smallest absolute Gasteiger partial charge is 0.254 e. The minimum Gasteiger partial charge on any atom is -0.361 e. The number of benzene rings is 1. The molecule has 0 aliphatic carbocycles. The molecule has 1 fully saturated rings. The van der Waals surface area contributed by atoms with Crippen molar-refractivity contribution >= 4 is 16.8 Å². The summed E-state index contributed by atoms with van der Waals surface area (Å²) in [4.78, 5) is 15.1. The minimum atomic E-state index is 0.0628. The Morgan fingerprint density at radius 2 is 2.12 bits per heavy atom. The highest BCUT2D eigenvalue weighted by Crippen LogP contribution is 2.36. The number of fused-ring (bicyclic) bond motifs is 1. The molecule has 3 aromatic rings. The summed E-state index contributed by atoms with van der Waals surface area (Å²) >= 11 is 0. The normalized spacial score (nSPS) is 17.8. The van der Waals surface area contributed by atoms with Gasteiger partial charge in [0.05, 0.1) is 11.7 Å². The number of aryl methyl sites for hydroxylation is 3. The lowest BCUT2D eigenvalue weighted by Gasteiger charge is -2.25. The maximum absolute atomic E-state index is 13.1. The fourth-order valence-corrected chi connectivity index (χ4v) is 3.84. The monoisotopic (exact) mass is 323 g/mol. The van der Waals surface area contributed by atoms with E-state index in [2.05, 4.69) is 11.2 Å². The van der Waals surface area contributed by atoms with Crippen LogP contribution in [-0.2, 0) is 7.05 Å². The molecule has 1 aromatic carbocycles. The zero-order valence-electron chi connectivity index (χ0n) is 14.2. The van der Waals surface area contributed by atoms with Gasteiger partial charge in [0, 0.05) is 36.4 Å². The quantitative estimate of drug-likeness (QED) is 0.721. The lowest BCUT2D eigenvalue weighted by atomic mass is 10.0. The molecule has 5 heteroatoms. The van der Waals surface area contributed by atoms with E-state index in [0.717, 1.165) is 52.9 Å². The van der Waals surface area contributed by atoms with Crippen molar-refractivity contribution in [3.8, 4) is 0 Å². The van der Waals surface area contributed by atoms with Gasteiger partial charge in [-0.25, -0.2) is 0 Å². The third-order valence-electron chi connectivity index (χ3n) is 5.07. The first kappa shape index (κ1) is 15.0. The van der Waals surface area contributed by atoms with E-state index in [1.807, 2.05) is 54.8 Å². The average molecular weight is 323 g/mol. The van der Waals surface area contributed by atoms with Crippen LogP contribution >= 0.6 is 0 Å². The molecule has 2 aromatic heterocycles. The molecule has 0 radical (unpaired) electrons. The second kappa shape index (κ2) is 5.51. The molecule has 5 nitrogen and oxygen atoms in total. The number of carbonyl (C=O) groups is 1. The van der Waals surface area contributed by atoms with Gasteiger partial charge in [-0.2, -0.15) is 0 Å². The fraction of sp³-hybridized carbons (Fsp3) is 0.368. The largest absolute Gasteiger partial charge is 0.361 e. The molecule has 24 heavy (non-hydrogen) atoms. The number of rotatable bonds is 2. The lowest BCUT2D eigenvalue weighted by Crippen LogP contribution is -2.31. The van der Waals surface area contributed by atoms with Crippen molar-refractivity contribution in [2.45, 2.75) is 32.7 Å². The van der Waals surface area contributed by atoms with Crippen LogP contribution in [-0.4, -0.2) is 27.1 Å². The van der Waals surface area contributed by atoms with Crippen molar-refractivity contribution in [1.82, 2.24) is 14.6 Å². The van der Waals surface area contributed by atoms with Crippen LogP contribution in [0.5, 0.6) is 0 Å². The van der Waals surface area contributed by atoms with Gasteiger partial charge in [0.25, 0.3) is 5.91 Å². The SMILES string of the molecule is Cc1noc(C)c1[C@H]1CCCN1C(=O)c1ccc2ccn(C)c2c1. The average Bonchev–Trinajstić information content (AvgIpc) is 3.27. The Kier molecular flexibility index (Phi) is 3.44. The van der Waals surface area contributed by atoms with Gasteiger partial charge in [-0.3, -0.25) is 4.79 Å². The number of aromatic nitrogens is 2. The molecule has 1 atom stereocenters. The maximum atomic E-state index is 13.1. The van der Waals surface area contributed by atoms with Gasteiger partial charge in [0.15, 0.2) is 0 Å². The molecule has 1 saturated heterocycles. The summed E-state index contributed by atoms with van der Waals surface area (Å²) in [6.07, 6.45) is 3.98. The number of hydrogen-bond donors (Lipinski definition) is 0. The van der Waals surface area contributed by atoms with E-state index < -0.39 is 0 Å². The van der Waals surface area contributed by atoms with Gasteiger partial charge >= 0.3 is 0 Å². The Hall–Kier alpha value is -2.56. The number of likely N-dealkylation sites (tertiary alicyclic amines) is 1. The van der Waals surface area contributed by atoms with Gasteiger partial charge in [-0.05, 0) is 50.3 Å². The van der Waals surface area contributed by atoms with Gasteiger partial charge in [0.2, 0.25) is 0 Å². The summed E-state index contributed by atoms with van der Waals surface area (Å²) in [7, 11) is 2.00. The molecule has 1 aliphatic rings. The Balaban J connectivity index is 1.70. The summed E-state index contributed by atoms with van der Waals surface area (Å²) in [5.74, 6) is 0.899. The first-order valence-corrected chi connectivity index (χ1v) is 8.35. The number of nitrogens with zero attached hydrogens (tertiary/aromatic N) is 3. The molecule has 1 aliphatic heterocycles. The van der Waals surface area contributed by atoms with Crippen LogP contribution in [0.25, 0.3) is 10.9 Å². The highest BCUT2D eigenvalue weighted by Gasteiger charge is 2.34. The first-order valence-electron chi connectivity index (χ1n) is 8.35. The van der Waals surface area contributed by atoms with E-state index in [1.165, 1.54) is 0 Å². The number of amides is 1. The summed E-state index contributed by atoms with van der Waals surface area (Å²) in [5.41, 5.74) is 3.77. The van der Waals surface area contributed by atoms with Crippen LogP contribution in [0.2, 0.25) is 0 Å². The van der Waals surface area contributed by atoms with Crippen LogP contribution in [0.4, 0.5) is 0 Å². The van der Waals surface area contributed by atoms with Crippen molar-refractivity contribution < 1.29 is 9.32 Å². The molecular weight excluding hydrogens is 302 g/mol. The van der Waals surface area contributed by atoms with Crippen molar-refractivity contribution in [2.24, 2.45) is 7.05 Å². The standard InChI is InChI=1S/C19H21N3O2/c1-12-18(13(2)24-20-12)16-5-4-9-22(16)19(23)15-7-6-14-8-10-21(3)17(14)11-15/h6-8,10-11,16H,4-5,9H2,1-3H3/t16-/m1/s1.